The molecule has 25 heavy (non-hydrogen) atoms. The zero-order chi connectivity index (χ0) is 17.2. The fourth-order valence-corrected chi connectivity index (χ4v) is 3.71. The lowest BCUT2D eigenvalue weighted by molar-refractivity contribution is 0.727. The minimum absolute atomic E-state index is 0.432. The minimum Gasteiger partial charge on any atom is -0.323 e. The van der Waals surface area contributed by atoms with Crippen LogP contribution in [-0.4, -0.2) is 25.0 Å². The minimum atomic E-state index is 0.432. The molecule has 0 aliphatic carbocycles. The Morgan fingerprint density at radius 1 is 0.960 bits per heavy atom. The molecule has 2 aromatic carbocycles. The van der Waals surface area contributed by atoms with E-state index in [-0.39, 0.29) is 0 Å². The molecule has 0 saturated heterocycles. The van der Waals surface area contributed by atoms with Crippen LogP contribution in [0, 0.1) is 0 Å². The van der Waals surface area contributed by atoms with Crippen LogP contribution in [0.4, 0.5) is 0 Å². The van der Waals surface area contributed by atoms with Gasteiger partial charge in [0.25, 0.3) is 0 Å². The van der Waals surface area contributed by atoms with E-state index in [2.05, 4.69) is 77.1 Å². The molecule has 4 rings (SSSR count). The van der Waals surface area contributed by atoms with Gasteiger partial charge in [-0.15, -0.1) is 10.2 Å². The van der Waals surface area contributed by atoms with E-state index in [9.17, 15) is 0 Å². The van der Waals surface area contributed by atoms with Crippen molar-refractivity contribution < 1.29 is 0 Å². The smallest absolute Gasteiger partial charge is 0.211 e. The molecule has 0 bridgehead atoms. The highest BCUT2D eigenvalue weighted by molar-refractivity contribution is 7.99. The van der Waals surface area contributed by atoms with Gasteiger partial charge in [-0.3, -0.25) is 0 Å². The Bertz CT molecular complexity index is 1010. The van der Waals surface area contributed by atoms with Crippen molar-refractivity contribution in [1.82, 2.24) is 19.7 Å². The van der Waals surface area contributed by atoms with Gasteiger partial charge in [0.15, 0.2) is 5.65 Å². The Balaban J connectivity index is 1.80. The molecule has 0 aliphatic rings. The molecule has 0 amide bonds. The highest BCUT2D eigenvalue weighted by Crippen LogP contribution is 2.28. The zero-order valence-corrected chi connectivity index (χ0v) is 15.2. The summed E-state index contributed by atoms with van der Waals surface area (Å²) < 4.78 is 2.27. The number of aromatic nitrogens is 4. The van der Waals surface area contributed by atoms with Crippen molar-refractivity contribution in [3.8, 4) is 0 Å². The lowest BCUT2D eigenvalue weighted by atomic mass is 10.1. The summed E-state index contributed by atoms with van der Waals surface area (Å²) in [4.78, 5) is 4.82. The topological polar surface area (TPSA) is 43.6 Å². The summed E-state index contributed by atoms with van der Waals surface area (Å²) >= 11 is 1.65. The summed E-state index contributed by atoms with van der Waals surface area (Å²) in [6, 6.07) is 18.9. The molecule has 0 spiro atoms. The van der Waals surface area contributed by atoms with Crippen molar-refractivity contribution in [2.75, 3.05) is 0 Å². The number of fused-ring (bicyclic) bond motifs is 3. The largest absolute Gasteiger partial charge is 0.323 e. The number of rotatable bonds is 5. The van der Waals surface area contributed by atoms with Crippen LogP contribution in [0.2, 0.25) is 0 Å². The van der Waals surface area contributed by atoms with Crippen molar-refractivity contribution in [2.24, 2.45) is 0 Å². The molecule has 126 valence electrons. The van der Waals surface area contributed by atoms with Crippen LogP contribution in [-0.2, 0) is 13.0 Å². The molecular formula is C20H20N4S. The summed E-state index contributed by atoms with van der Waals surface area (Å²) in [6.45, 7) is 5.16. The maximum absolute atomic E-state index is 4.82. The van der Waals surface area contributed by atoms with Crippen molar-refractivity contribution >= 4 is 33.8 Å². The van der Waals surface area contributed by atoms with E-state index in [0.29, 0.717) is 5.25 Å². The normalized spacial score (nSPS) is 11.6. The van der Waals surface area contributed by atoms with Gasteiger partial charge in [0.1, 0.15) is 5.52 Å². The average molecular weight is 348 g/mol. The van der Waals surface area contributed by atoms with E-state index >= 15 is 0 Å². The number of hydrogen-bond acceptors (Lipinski definition) is 4. The number of aryl methyl sites for hydroxylation is 2. The first kappa shape index (κ1) is 16.1. The molecule has 0 atom stereocenters. The Hall–Kier alpha value is -2.40. The molecule has 0 radical (unpaired) electrons. The Labute approximate surface area is 151 Å². The van der Waals surface area contributed by atoms with Crippen molar-refractivity contribution in [3.05, 3.63) is 60.2 Å². The van der Waals surface area contributed by atoms with Crippen LogP contribution >= 0.6 is 11.8 Å². The molecule has 4 nitrogen and oxygen atoms in total. The SMILES string of the molecule is CC(C)Sc1nnc2c3ccccc3n(CCc3ccccc3)c2n1. The summed E-state index contributed by atoms with van der Waals surface area (Å²) in [7, 11) is 0. The van der Waals surface area contributed by atoms with Crippen molar-refractivity contribution in [3.63, 3.8) is 0 Å². The summed E-state index contributed by atoms with van der Waals surface area (Å²) in [5, 5.41) is 11.1. The highest BCUT2D eigenvalue weighted by atomic mass is 32.2. The maximum atomic E-state index is 4.82. The van der Waals surface area contributed by atoms with Gasteiger partial charge in [0, 0.05) is 17.2 Å². The van der Waals surface area contributed by atoms with Crippen LogP contribution in [0.5, 0.6) is 0 Å². The van der Waals surface area contributed by atoms with Gasteiger partial charge >= 0.3 is 0 Å². The lowest BCUT2D eigenvalue weighted by Crippen LogP contribution is -2.04. The first-order valence-electron chi connectivity index (χ1n) is 8.54. The predicted octanol–water partition coefficient (Wildman–Crippen LogP) is 4.72. The fourth-order valence-electron chi connectivity index (χ4n) is 3.06. The number of benzene rings is 2. The maximum Gasteiger partial charge on any atom is 0.211 e. The van der Waals surface area contributed by atoms with Crippen molar-refractivity contribution in [2.45, 2.75) is 37.2 Å². The van der Waals surface area contributed by atoms with E-state index in [1.165, 1.54) is 11.1 Å². The van der Waals surface area contributed by atoms with Crippen molar-refractivity contribution in [1.29, 1.82) is 0 Å². The third-order valence-electron chi connectivity index (χ3n) is 4.16. The molecule has 0 aliphatic heterocycles. The first-order chi connectivity index (χ1) is 12.2. The van der Waals surface area contributed by atoms with Gasteiger partial charge < -0.3 is 4.57 Å². The molecule has 0 N–H and O–H groups in total. The molecular weight excluding hydrogens is 328 g/mol. The van der Waals surface area contributed by atoms with E-state index < -0.39 is 0 Å². The molecule has 4 aromatic rings. The van der Waals surface area contributed by atoms with E-state index in [1.54, 1.807) is 11.8 Å². The number of thioether (sulfide) groups is 1. The Kier molecular flexibility index (Phi) is 4.40. The van der Waals surface area contributed by atoms with Gasteiger partial charge in [-0.05, 0) is 18.1 Å². The lowest BCUT2D eigenvalue weighted by Gasteiger charge is -2.08. The summed E-state index contributed by atoms with van der Waals surface area (Å²) in [6.07, 6.45) is 0.964. The highest BCUT2D eigenvalue weighted by Gasteiger charge is 2.15. The van der Waals surface area contributed by atoms with Gasteiger partial charge in [-0.2, -0.15) is 0 Å². The molecule has 2 heterocycles. The second-order valence-electron chi connectivity index (χ2n) is 6.34. The van der Waals surface area contributed by atoms with E-state index in [4.69, 9.17) is 4.98 Å². The Morgan fingerprint density at radius 3 is 2.52 bits per heavy atom. The number of para-hydroxylation sites is 1. The molecule has 0 saturated carbocycles. The predicted molar refractivity (Wildman–Crippen MR) is 104 cm³/mol. The fraction of sp³-hybridized carbons (Fsp3) is 0.250. The van der Waals surface area contributed by atoms with Crippen LogP contribution in [0.1, 0.15) is 19.4 Å². The summed E-state index contributed by atoms with van der Waals surface area (Å²) in [5.41, 5.74) is 4.31. The standard InChI is InChI=1S/C20H20N4S/c1-14(2)25-20-21-19-18(22-23-20)16-10-6-7-11-17(16)24(19)13-12-15-8-4-3-5-9-15/h3-11,14H,12-13H2,1-2H3. The Morgan fingerprint density at radius 2 is 1.72 bits per heavy atom. The second-order valence-corrected chi connectivity index (χ2v) is 7.88. The third-order valence-corrected chi connectivity index (χ3v) is 5.02. The van der Waals surface area contributed by atoms with Gasteiger partial charge in [0.2, 0.25) is 5.16 Å². The second kappa shape index (κ2) is 6.84. The summed E-state index contributed by atoms with van der Waals surface area (Å²) in [5.74, 6) is 0. The first-order valence-corrected chi connectivity index (χ1v) is 9.42. The van der Waals surface area contributed by atoms with Crippen LogP contribution in [0.15, 0.2) is 59.8 Å². The molecule has 2 aromatic heterocycles. The van der Waals surface area contributed by atoms with Crippen LogP contribution in [0.25, 0.3) is 22.1 Å². The molecule has 0 unspecified atom stereocenters. The monoisotopic (exact) mass is 348 g/mol. The quantitative estimate of drug-likeness (QED) is 0.489. The van der Waals surface area contributed by atoms with Gasteiger partial charge in [-0.1, -0.05) is 74.1 Å². The molecule has 5 heteroatoms. The van der Waals surface area contributed by atoms with Crippen LogP contribution in [0.3, 0.4) is 0 Å². The van der Waals surface area contributed by atoms with Crippen LogP contribution < -0.4 is 0 Å². The molecule has 0 fully saturated rings. The number of nitrogens with zero attached hydrogens (tertiary/aromatic N) is 4. The zero-order valence-electron chi connectivity index (χ0n) is 14.4. The third kappa shape index (κ3) is 3.24. The van der Waals surface area contributed by atoms with E-state index in [0.717, 1.165) is 34.7 Å². The number of hydrogen-bond donors (Lipinski definition) is 0. The average Bonchev–Trinajstić information content (AvgIpc) is 2.93. The van der Waals surface area contributed by atoms with Gasteiger partial charge in [-0.25, -0.2) is 4.98 Å². The van der Waals surface area contributed by atoms with E-state index in [1.807, 2.05) is 6.07 Å². The van der Waals surface area contributed by atoms with Gasteiger partial charge in [0.05, 0.1) is 5.52 Å².